The van der Waals surface area contributed by atoms with Gasteiger partial charge in [-0.15, -0.1) is 0 Å². The van der Waals surface area contributed by atoms with E-state index in [1.165, 1.54) is 19.3 Å². The first kappa shape index (κ1) is 14.8. The van der Waals surface area contributed by atoms with E-state index in [0.29, 0.717) is 6.42 Å². The number of nitrogens with zero attached hydrogens (tertiary/aromatic N) is 1. The van der Waals surface area contributed by atoms with Crippen LogP contribution >= 0.6 is 0 Å². The highest BCUT2D eigenvalue weighted by molar-refractivity contribution is 5.57. The van der Waals surface area contributed by atoms with Gasteiger partial charge in [0.1, 0.15) is 6.29 Å². The summed E-state index contributed by atoms with van der Waals surface area (Å²) in [4.78, 5) is 17.1. The summed E-state index contributed by atoms with van der Waals surface area (Å²) in [6.07, 6.45) is 8.95. The molecule has 16 heavy (non-hydrogen) atoms. The van der Waals surface area contributed by atoms with Crippen LogP contribution < -0.4 is 5.32 Å². The van der Waals surface area contributed by atoms with Gasteiger partial charge in [0.2, 0.25) is 0 Å². The van der Waals surface area contributed by atoms with E-state index < -0.39 is 0 Å². The molecule has 0 unspecified atom stereocenters. The zero-order valence-electron chi connectivity index (χ0n) is 10.5. The van der Waals surface area contributed by atoms with Crippen molar-refractivity contribution in [3.63, 3.8) is 0 Å². The largest absolute Gasteiger partial charge is 0.348 e. The first-order chi connectivity index (χ1) is 7.78. The van der Waals surface area contributed by atoms with Gasteiger partial charge >= 0.3 is 0 Å². The van der Waals surface area contributed by atoms with Crippen LogP contribution in [0.3, 0.4) is 0 Å². The first-order valence-corrected chi connectivity index (χ1v) is 5.88. The van der Waals surface area contributed by atoms with Crippen LogP contribution in [0.4, 0.5) is 0 Å². The number of carbonyl (C=O) groups is 1. The number of hydrogen-bond acceptors (Lipinski definition) is 3. The number of aromatic amines is 1. The van der Waals surface area contributed by atoms with Crippen molar-refractivity contribution >= 4 is 6.29 Å². The lowest BCUT2D eigenvalue weighted by Gasteiger charge is -2.05. The molecule has 0 fully saturated rings. The molecule has 0 amide bonds. The SMILES string of the molecule is CCCCC.CN[C@H](C=O)Cc1cnc[nH]1. The zero-order chi connectivity index (χ0) is 12.2. The van der Waals surface area contributed by atoms with Gasteiger partial charge in [0, 0.05) is 18.3 Å². The van der Waals surface area contributed by atoms with Crippen molar-refractivity contribution in [1.29, 1.82) is 0 Å². The van der Waals surface area contributed by atoms with Gasteiger partial charge in [-0.2, -0.15) is 0 Å². The van der Waals surface area contributed by atoms with E-state index in [-0.39, 0.29) is 6.04 Å². The van der Waals surface area contributed by atoms with Crippen molar-refractivity contribution in [3.05, 3.63) is 18.2 Å². The molecule has 2 N–H and O–H groups in total. The van der Waals surface area contributed by atoms with Crippen molar-refractivity contribution in [3.8, 4) is 0 Å². The van der Waals surface area contributed by atoms with Crippen molar-refractivity contribution in [2.75, 3.05) is 7.05 Å². The lowest BCUT2D eigenvalue weighted by molar-refractivity contribution is -0.109. The number of unbranched alkanes of at least 4 members (excludes halogenated alkanes) is 2. The molecule has 1 aromatic heterocycles. The zero-order valence-corrected chi connectivity index (χ0v) is 10.5. The quantitative estimate of drug-likeness (QED) is 0.727. The fraction of sp³-hybridized carbons (Fsp3) is 0.667. The minimum atomic E-state index is -0.115. The van der Waals surface area contributed by atoms with Crippen molar-refractivity contribution in [2.24, 2.45) is 0 Å². The third-order valence-corrected chi connectivity index (χ3v) is 2.24. The summed E-state index contributed by atoms with van der Waals surface area (Å²) in [6.45, 7) is 4.42. The number of nitrogens with one attached hydrogen (secondary N) is 2. The molecule has 1 atom stereocenters. The molecule has 1 aromatic rings. The third-order valence-electron chi connectivity index (χ3n) is 2.24. The highest BCUT2D eigenvalue weighted by atomic mass is 16.1. The molecule has 0 spiro atoms. The van der Waals surface area contributed by atoms with E-state index in [2.05, 4.69) is 29.1 Å². The number of hydrogen-bond donors (Lipinski definition) is 2. The van der Waals surface area contributed by atoms with Crippen LogP contribution in [0.5, 0.6) is 0 Å². The van der Waals surface area contributed by atoms with Crippen LogP contribution in [0.25, 0.3) is 0 Å². The van der Waals surface area contributed by atoms with Crippen molar-refractivity contribution in [2.45, 2.75) is 45.6 Å². The Morgan fingerprint density at radius 1 is 1.50 bits per heavy atom. The Morgan fingerprint density at radius 2 is 2.19 bits per heavy atom. The van der Waals surface area contributed by atoms with Crippen LogP contribution in [0.1, 0.15) is 38.8 Å². The number of aromatic nitrogens is 2. The molecule has 1 heterocycles. The van der Waals surface area contributed by atoms with E-state index in [9.17, 15) is 4.79 Å². The molecular formula is C12H23N3O. The molecule has 4 nitrogen and oxygen atoms in total. The average Bonchev–Trinajstić information content (AvgIpc) is 2.80. The molecule has 0 aliphatic rings. The normalized spacial score (nSPS) is 11.4. The molecular weight excluding hydrogens is 202 g/mol. The van der Waals surface area contributed by atoms with Crippen molar-refractivity contribution < 1.29 is 4.79 Å². The van der Waals surface area contributed by atoms with Crippen LogP contribution in [0.15, 0.2) is 12.5 Å². The molecule has 4 heteroatoms. The molecule has 0 radical (unpaired) electrons. The van der Waals surface area contributed by atoms with E-state index in [1.54, 1.807) is 19.6 Å². The lowest BCUT2D eigenvalue weighted by atomic mass is 10.2. The van der Waals surface area contributed by atoms with E-state index in [0.717, 1.165) is 12.0 Å². The number of carbonyl (C=O) groups excluding carboxylic acids is 1. The predicted octanol–water partition coefficient (Wildman–Crippen LogP) is 1.94. The van der Waals surface area contributed by atoms with Gasteiger partial charge in [0.25, 0.3) is 0 Å². The fourth-order valence-electron chi connectivity index (χ4n) is 1.21. The summed E-state index contributed by atoms with van der Waals surface area (Å²) in [5, 5.41) is 2.87. The Hall–Kier alpha value is -1.16. The second-order valence-corrected chi connectivity index (χ2v) is 3.67. The van der Waals surface area contributed by atoms with Crippen molar-refractivity contribution in [1.82, 2.24) is 15.3 Å². The topological polar surface area (TPSA) is 57.8 Å². The smallest absolute Gasteiger partial charge is 0.137 e. The maximum Gasteiger partial charge on any atom is 0.137 e. The van der Waals surface area contributed by atoms with E-state index in [1.807, 2.05) is 0 Å². The molecule has 0 bridgehead atoms. The maximum absolute atomic E-state index is 10.4. The van der Waals surface area contributed by atoms with Gasteiger partial charge in [-0.05, 0) is 7.05 Å². The maximum atomic E-state index is 10.4. The van der Waals surface area contributed by atoms with Gasteiger partial charge in [0.15, 0.2) is 0 Å². The first-order valence-electron chi connectivity index (χ1n) is 5.88. The highest BCUT2D eigenvalue weighted by Crippen LogP contribution is 1.94. The molecule has 0 aliphatic carbocycles. The Morgan fingerprint density at radius 3 is 2.50 bits per heavy atom. The van der Waals surface area contributed by atoms with Crippen LogP contribution in [-0.4, -0.2) is 29.3 Å². The van der Waals surface area contributed by atoms with Gasteiger partial charge in [-0.3, -0.25) is 0 Å². The summed E-state index contributed by atoms with van der Waals surface area (Å²) >= 11 is 0. The number of H-pyrrole nitrogens is 1. The molecule has 0 saturated carbocycles. The summed E-state index contributed by atoms with van der Waals surface area (Å²) in [5.41, 5.74) is 0.969. The van der Waals surface area contributed by atoms with E-state index >= 15 is 0 Å². The molecule has 1 rings (SSSR count). The Kier molecular flexibility index (Phi) is 9.61. The second-order valence-electron chi connectivity index (χ2n) is 3.67. The number of rotatable bonds is 6. The van der Waals surface area contributed by atoms with Crippen LogP contribution in [0.2, 0.25) is 0 Å². The monoisotopic (exact) mass is 225 g/mol. The van der Waals surface area contributed by atoms with Gasteiger partial charge in [0.05, 0.1) is 12.4 Å². The average molecular weight is 225 g/mol. The Bertz CT molecular complexity index is 245. The summed E-state index contributed by atoms with van der Waals surface area (Å²) in [7, 11) is 1.76. The molecule has 92 valence electrons. The third kappa shape index (κ3) is 7.17. The standard InChI is InChI=1S/C7H11N3O.C5H12/c1-8-7(4-11)2-6-3-9-5-10-6;1-3-5-4-2/h3-5,7-8H,2H2,1H3,(H,9,10);3-5H2,1-2H3/t7-;/m0./s1. The molecule has 0 saturated heterocycles. The van der Waals surface area contributed by atoms with Gasteiger partial charge in [-0.25, -0.2) is 4.98 Å². The second kappa shape index (κ2) is 10.4. The highest BCUT2D eigenvalue weighted by Gasteiger charge is 2.04. The molecule has 0 aromatic carbocycles. The molecule has 0 aliphatic heterocycles. The predicted molar refractivity (Wildman–Crippen MR) is 66.4 cm³/mol. The summed E-state index contributed by atoms with van der Waals surface area (Å²) in [5.74, 6) is 0. The summed E-state index contributed by atoms with van der Waals surface area (Å²) in [6, 6.07) is -0.115. The Balaban J connectivity index is 0.000000385. The van der Waals surface area contributed by atoms with E-state index in [4.69, 9.17) is 0 Å². The summed E-state index contributed by atoms with van der Waals surface area (Å²) < 4.78 is 0. The van der Waals surface area contributed by atoms with Crippen LogP contribution in [0, 0.1) is 0 Å². The number of imidazole rings is 1. The number of likely N-dealkylation sites (N-methyl/N-ethyl adjacent to an activating group) is 1. The minimum absolute atomic E-state index is 0.115. The Labute approximate surface area is 97.9 Å². The van der Waals surface area contributed by atoms with Gasteiger partial charge in [-0.1, -0.05) is 33.1 Å². The van der Waals surface area contributed by atoms with Crippen LogP contribution in [-0.2, 0) is 11.2 Å². The minimum Gasteiger partial charge on any atom is -0.348 e. The fourth-order valence-corrected chi connectivity index (χ4v) is 1.21. The van der Waals surface area contributed by atoms with Gasteiger partial charge < -0.3 is 15.1 Å². The lowest BCUT2D eigenvalue weighted by Crippen LogP contribution is -2.28. The number of aldehydes is 1.